The number of sulfonamides is 1. The molecule has 0 aliphatic carbocycles. The monoisotopic (exact) mass is 529 g/mol. The smallest absolute Gasteiger partial charge is 0.211 e. The number of piperazine rings is 1. The molecule has 1 saturated heterocycles. The molecule has 0 bridgehead atoms. The first-order chi connectivity index (χ1) is 12.5. The van der Waals surface area contributed by atoms with E-state index in [-0.39, 0.29) is 24.0 Å². The van der Waals surface area contributed by atoms with E-state index in [1.807, 2.05) is 6.92 Å². The summed E-state index contributed by atoms with van der Waals surface area (Å²) in [6.07, 6.45) is 1.99. The van der Waals surface area contributed by atoms with E-state index in [1.165, 1.54) is 15.6 Å². The number of aliphatic imine (C=N–C) groups is 1. The van der Waals surface area contributed by atoms with Crippen molar-refractivity contribution in [2.45, 2.75) is 20.3 Å². The van der Waals surface area contributed by atoms with Crippen LogP contribution in [0.15, 0.2) is 22.5 Å². The fourth-order valence-corrected chi connectivity index (χ4v) is 4.72. The second kappa shape index (κ2) is 12.1. The van der Waals surface area contributed by atoms with Crippen molar-refractivity contribution in [1.82, 2.24) is 14.5 Å². The Balaban J connectivity index is 0.00000364. The largest absolute Gasteiger partial charge is 0.360 e. The van der Waals surface area contributed by atoms with Crippen molar-refractivity contribution in [2.75, 3.05) is 63.5 Å². The van der Waals surface area contributed by atoms with Crippen molar-refractivity contribution in [1.29, 1.82) is 0 Å². The molecule has 156 valence electrons. The highest BCUT2D eigenvalue weighted by Gasteiger charge is 2.20. The Bertz CT molecular complexity index is 659. The molecule has 0 aromatic carbocycles. The van der Waals surface area contributed by atoms with Crippen LogP contribution in [-0.4, -0.2) is 82.2 Å². The Hall–Kier alpha value is -0.590. The summed E-state index contributed by atoms with van der Waals surface area (Å²) < 4.78 is 24.8. The van der Waals surface area contributed by atoms with Crippen LogP contribution < -0.4 is 10.2 Å². The summed E-state index contributed by atoms with van der Waals surface area (Å²) in [7, 11) is -3.12. The molecule has 1 aromatic heterocycles. The minimum Gasteiger partial charge on any atom is -0.360 e. The summed E-state index contributed by atoms with van der Waals surface area (Å²) in [6, 6.07) is 4.26. The molecule has 0 saturated carbocycles. The standard InChI is InChI=1S/C17H31N5O2S2.HI/c1-4-18-17(19-9-7-10-22(5-2)26(3,23)24)21-13-11-20(12-14-21)16-8-6-15-25-16;/h6,8,15H,4-5,7,9-14H2,1-3H3,(H,18,19);1H. The lowest BCUT2D eigenvalue weighted by molar-refractivity contribution is 0.372. The molecule has 10 heteroatoms. The van der Waals surface area contributed by atoms with Gasteiger partial charge in [0, 0.05) is 52.4 Å². The maximum absolute atomic E-state index is 11.6. The topological polar surface area (TPSA) is 68.2 Å². The number of guanidine groups is 1. The van der Waals surface area contributed by atoms with Gasteiger partial charge in [-0.25, -0.2) is 12.7 Å². The fraction of sp³-hybridized carbons (Fsp3) is 0.706. The zero-order chi connectivity index (χ0) is 19.0. The van der Waals surface area contributed by atoms with Crippen LogP contribution in [0, 0.1) is 0 Å². The van der Waals surface area contributed by atoms with Crippen LogP contribution in [0.4, 0.5) is 5.00 Å². The van der Waals surface area contributed by atoms with Crippen molar-refractivity contribution in [2.24, 2.45) is 4.99 Å². The summed E-state index contributed by atoms with van der Waals surface area (Å²) in [6.45, 7) is 10.3. The number of nitrogens with zero attached hydrogens (tertiary/aromatic N) is 4. The normalized spacial score (nSPS) is 15.8. The van der Waals surface area contributed by atoms with E-state index < -0.39 is 10.0 Å². The van der Waals surface area contributed by atoms with E-state index in [2.05, 4.69) is 39.6 Å². The van der Waals surface area contributed by atoms with E-state index in [1.54, 1.807) is 11.3 Å². The molecular weight excluding hydrogens is 497 g/mol. The number of hydrogen-bond acceptors (Lipinski definition) is 5. The van der Waals surface area contributed by atoms with Crippen LogP contribution in [0.3, 0.4) is 0 Å². The molecule has 0 spiro atoms. The molecule has 7 nitrogen and oxygen atoms in total. The average Bonchev–Trinajstić information content (AvgIpc) is 3.14. The van der Waals surface area contributed by atoms with E-state index in [0.29, 0.717) is 19.6 Å². The van der Waals surface area contributed by atoms with Gasteiger partial charge in [-0.15, -0.1) is 35.3 Å². The summed E-state index contributed by atoms with van der Waals surface area (Å²) in [4.78, 5) is 9.41. The van der Waals surface area contributed by atoms with E-state index in [0.717, 1.165) is 45.1 Å². The fourth-order valence-electron chi connectivity index (χ4n) is 3.00. The van der Waals surface area contributed by atoms with Gasteiger partial charge < -0.3 is 15.1 Å². The van der Waals surface area contributed by atoms with Crippen molar-refractivity contribution in [3.8, 4) is 0 Å². The maximum Gasteiger partial charge on any atom is 0.211 e. The van der Waals surface area contributed by atoms with E-state index in [9.17, 15) is 8.42 Å². The Kier molecular flexibility index (Phi) is 10.9. The summed E-state index contributed by atoms with van der Waals surface area (Å²) in [5.74, 6) is 0.931. The number of anilines is 1. The molecule has 1 N–H and O–H groups in total. The van der Waals surface area contributed by atoms with Gasteiger partial charge in [0.15, 0.2) is 5.96 Å². The number of hydrogen-bond donors (Lipinski definition) is 1. The Morgan fingerprint density at radius 2 is 2.00 bits per heavy atom. The van der Waals surface area contributed by atoms with Gasteiger partial charge in [0.2, 0.25) is 10.0 Å². The zero-order valence-corrected chi connectivity index (χ0v) is 20.4. The lowest BCUT2D eigenvalue weighted by Crippen LogP contribution is -2.52. The van der Waals surface area contributed by atoms with Gasteiger partial charge >= 0.3 is 0 Å². The van der Waals surface area contributed by atoms with Crippen molar-refractivity contribution < 1.29 is 8.42 Å². The van der Waals surface area contributed by atoms with Gasteiger partial charge in [0.05, 0.1) is 11.3 Å². The van der Waals surface area contributed by atoms with E-state index >= 15 is 0 Å². The molecule has 27 heavy (non-hydrogen) atoms. The van der Waals surface area contributed by atoms with Gasteiger partial charge in [-0.3, -0.25) is 4.99 Å². The van der Waals surface area contributed by atoms with Crippen LogP contribution in [0.5, 0.6) is 0 Å². The maximum atomic E-state index is 11.6. The second-order valence-corrected chi connectivity index (χ2v) is 9.18. The molecule has 2 heterocycles. The molecular formula is C17H32IN5O2S2. The molecule has 1 fully saturated rings. The van der Waals surface area contributed by atoms with Crippen LogP contribution in [0.25, 0.3) is 0 Å². The highest BCUT2D eigenvalue weighted by atomic mass is 127. The highest BCUT2D eigenvalue weighted by Crippen LogP contribution is 2.22. The third kappa shape index (κ3) is 7.74. The van der Waals surface area contributed by atoms with Gasteiger partial charge in [-0.05, 0) is 30.9 Å². The van der Waals surface area contributed by atoms with Crippen LogP contribution in [-0.2, 0) is 10.0 Å². The molecule has 0 unspecified atom stereocenters. The molecule has 0 atom stereocenters. The quantitative estimate of drug-likeness (QED) is 0.242. The molecule has 1 aliphatic heterocycles. The van der Waals surface area contributed by atoms with Gasteiger partial charge in [-0.1, -0.05) is 6.92 Å². The van der Waals surface area contributed by atoms with Gasteiger partial charge in [0.1, 0.15) is 0 Å². The first-order valence-electron chi connectivity index (χ1n) is 9.22. The minimum absolute atomic E-state index is 0. The van der Waals surface area contributed by atoms with Crippen molar-refractivity contribution in [3.05, 3.63) is 17.5 Å². The molecule has 1 aliphatic rings. The van der Waals surface area contributed by atoms with Crippen molar-refractivity contribution in [3.63, 3.8) is 0 Å². The average molecular weight is 530 g/mol. The van der Waals surface area contributed by atoms with Crippen LogP contribution >= 0.6 is 35.3 Å². The molecule has 0 radical (unpaired) electrons. The Morgan fingerprint density at radius 1 is 1.30 bits per heavy atom. The third-order valence-corrected chi connectivity index (χ3v) is 6.69. The first kappa shape index (κ1) is 24.4. The SMILES string of the molecule is CCNC(=NCCCN(CC)S(C)(=O)=O)N1CCN(c2cccs2)CC1.I. The summed E-state index contributed by atoms with van der Waals surface area (Å²) >= 11 is 1.78. The van der Waals surface area contributed by atoms with Crippen LogP contribution in [0.1, 0.15) is 20.3 Å². The van der Waals surface area contributed by atoms with Gasteiger partial charge in [0.25, 0.3) is 0 Å². The Morgan fingerprint density at radius 3 is 2.52 bits per heavy atom. The number of nitrogens with one attached hydrogen (secondary N) is 1. The second-order valence-electron chi connectivity index (χ2n) is 6.27. The zero-order valence-electron chi connectivity index (χ0n) is 16.4. The third-order valence-electron chi connectivity index (χ3n) is 4.38. The lowest BCUT2D eigenvalue weighted by atomic mass is 10.3. The molecule has 0 amide bonds. The summed E-state index contributed by atoms with van der Waals surface area (Å²) in [5.41, 5.74) is 0. The Labute approximate surface area is 184 Å². The molecule has 1 aromatic rings. The highest BCUT2D eigenvalue weighted by molar-refractivity contribution is 14.0. The summed E-state index contributed by atoms with van der Waals surface area (Å²) in [5, 5.41) is 6.80. The predicted molar refractivity (Wildman–Crippen MR) is 126 cm³/mol. The molecule has 2 rings (SSSR count). The van der Waals surface area contributed by atoms with Crippen LogP contribution in [0.2, 0.25) is 0 Å². The van der Waals surface area contributed by atoms with E-state index in [4.69, 9.17) is 4.99 Å². The van der Waals surface area contributed by atoms with Crippen molar-refractivity contribution >= 4 is 56.3 Å². The predicted octanol–water partition coefficient (Wildman–Crippen LogP) is 2.13. The lowest BCUT2D eigenvalue weighted by Gasteiger charge is -2.37. The van der Waals surface area contributed by atoms with Gasteiger partial charge in [-0.2, -0.15) is 0 Å². The first-order valence-corrected chi connectivity index (χ1v) is 11.9. The number of halogens is 1. The minimum atomic E-state index is -3.12. The number of rotatable bonds is 8. The number of thiophene rings is 1.